The van der Waals surface area contributed by atoms with Crippen molar-refractivity contribution in [3.05, 3.63) is 53.9 Å². The van der Waals surface area contributed by atoms with Crippen LogP contribution in [-0.2, 0) is 16.1 Å². The molecule has 1 fully saturated rings. The van der Waals surface area contributed by atoms with E-state index >= 15 is 0 Å². The summed E-state index contributed by atoms with van der Waals surface area (Å²) in [4.78, 5) is 23.7. The third-order valence-electron chi connectivity index (χ3n) is 4.70. The molecule has 0 radical (unpaired) electrons. The van der Waals surface area contributed by atoms with E-state index in [-0.39, 0.29) is 11.9 Å². The zero-order valence-electron chi connectivity index (χ0n) is 14.6. The number of rotatable bonds is 5. The highest BCUT2D eigenvalue weighted by Crippen LogP contribution is 2.27. The molecule has 0 saturated carbocycles. The predicted octanol–water partition coefficient (Wildman–Crippen LogP) is 2.69. The topological polar surface area (TPSA) is 80.5 Å². The van der Waals surface area contributed by atoms with Crippen LogP contribution >= 0.6 is 0 Å². The fourth-order valence-electron chi connectivity index (χ4n) is 3.33. The van der Waals surface area contributed by atoms with Gasteiger partial charge in [0, 0.05) is 18.3 Å². The molecule has 4 rings (SSSR count). The van der Waals surface area contributed by atoms with Crippen LogP contribution < -0.4 is 5.32 Å². The number of allylic oxidation sites excluding steroid dienone is 1. The van der Waals surface area contributed by atoms with E-state index < -0.39 is 0 Å². The normalized spacial score (nSPS) is 20.1. The van der Waals surface area contributed by atoms with Gasteiger partial charge in [-0.15, -0.1) is 0 Å². The Morgan fingerprint density at radius 3 is 3.15 bits per heavy atom. The summed E-state index contributed by atoms with van der Waals surface area (Å²) in [5.74, 6) is 2.22. The van der Waals surface area contributed by atoms with Gasteiger partial charge in [0.15, 0.2) is 5.82 Å². The van der Waals surface area contributed by atoms with Crippen LogP contribution in [0.1, 0.15) is 36.9 Å². The smallest absolute Gasteiger partial charge is 0.250 e. The van der Waals surface area contributed by atoms with Crippen molar-refractivity contribution in [2.45, 2.75) is 31.8 Å². The van der Waals surface area contributed by atoms with Crippen LogP contribution in [0.2, 0.25) is 0 Å². The molecule has 2 aliphatic rings. The van der Waals surface area contributed by atoms with Gasteiger partial charge in [-0.25, -0.2) is 9.97 Å². The van der Waals surface area contributed by atoms with E-state index in [1.54, 1.807) is 12.5 Å². The van der Waals surface area contributed by atoms with E-state index in [1.807, 2.05) is 23.1 Å². The summed E-state index contributed by atoms with van der Waals surface area (Å²) in [6.45, 7) is 2.07. The van der Waals surface area contributed by atoms with Crippen LogP contribution in [0.3, 0.4) is 0 Å². The van der Waals surface area contributed by atoms with Gasteiger partial charge < -0.3 is 19.4 Å². The summed E-state index contributed by atoms with van der Waals surface area (Å²) in [7, 11) is 0. The highest BCUT2D eigenvalue weighted by Gasteiger charge is 2.32. The van der Waals surface area contributed by atoms with Gasteiger partial charge in [-0.1, -0.05) is 6.08 Å². The number of furan rings is 1. The van der Waals surface area contributed by atoms with Gasteiger partial charge in [0.1, 0.15) is 17.6 Å². The Kier molecular flexibility index (Phi) is 4.97. The molecule has 1 aliphatic carbocycles. The number of morpholine rings is 1. The second-order valence-electron chi connectivity index (χ2n) is 6.44. The van der Waals surface area contributed by atoms with Crippen molar-refractivity contribution in [3.63, 3.8) is 0 Å². The average Bonchev–Trinajstić information content (AvgIpc) is 3.40. The summed E-state index contributed by atoms with van der Waals surface area (Å²) in [6, 6.07) is 5.30. The van der Waals surface area contributed by atoms with Crippen LogP contribution in [0.5, 0.6) is 0 Å². The van der Waals surface area contributed by atoms with Crippen LogP contribution in [0, 0.1) is 0 Å². The molecule has 1 saturated heterocycles. The second-order valence-corrected chi connectivity index (χ2v) is 6.44. The number of carbonyl (C=O) groups is 1. The lowest BCUT2D eigenvalue weighted by Gasteiger charge is -2.35. The van der Waals surface area contributed by atoms with E-state index in [0.29, 0.717) is 37.9 Å². The minimum Gasteiger partial charge on any atom is -0.467 e. The summed E-state index contributed by atoms with van der Waals surface area (Å²) in [6.07, 6.45) is 8.30. The first kappa shape index (κ1) is 16.8. The van der Waals surface area contributed by atoms with Crippen molar-refractivity contribution < 1.29 is 13.9 Å². The largest absolute Gasteiger partial charge is 0.467 e. The highest BCUT2D eigenvalue weighted by molar-refractivity contribution is 5.94. The fourth-order valence-corrected chi connectivity index (χ4v) is 3.33. The van der Waals surface area contributed by atoms with E-state index in [9.17, 15) is 4.79 Å². The first-order chi connectivity index (χ1) is 12.8. The van der Waals surface area contributed by atoms with Gasteiger partial charge in [0.2, 0.25) is 5.91 Å². The molecule has 7 nitrogen and oxygen atoms in total. The maximum atomic E-state index is 12.9. The SMILES string of the molecule is O=C(C1=CCCC1)N1CCOCC1c1nccc(NCc2ccco2)n1. The van der Waals surface area contributed by atoms with Crippen molar-refractivity contribution in [2.75, 3.05) is 25.1 Å². The van der Waals surface area contributed by atoms with Crippen LogP contribution in [0.4, 0.5) is 5.82 Å². The molecule has 2 aromatic rings. The number of nitrogens with zero attached hydrogens (tertiary/aromatic N) is 3. The van der Waals surface area contributed by atoms with Gasteiger partial charge in [-0.2, -0.15) is 0 Å². The lowest BCUT2D eigenvalue weighted by atomic mass is 10.1. The van der Waals surface area contributed by atoms with Gasteiger partial charge in [0.05, 0.1) is 26.0 Å². The summed E-state index contributed by atoms with van der Waals surface area (Å²) in [5, 5.41) is 3.23. The number of hydrogen-bond donors (Lipinski definition) is 1. The lowest BCUT2D eigenvalue weighted by molar-refractivity contribution is -0.136. The number of amides is 1. The summed E-state index contributed by atoms with van der Waals surface area (Å²) >= 11 is 0. The first-order valence-electron chi connectivity index (χ1n) is 8.98. The van der Waals surface area contributed by atoms with E-state index in [1.165, 1.54) is 0 Å². The van der Waals surface area contributed by atoms with Gasteiger partial charge in [0.25, 0.3) is 0 Å². The zero-order valence-corrected chi connectivity index (χ0v) is 14.6. The average molecular weight is 354 g/mol. The number of aromatic nitrogens is 2. The molecule has 0 aromatic carbocycles. The standard InChI is InChI=1S/C19H22N4O3/c24-19(14-4-1-2-5-14)23-9-11-25-13-16(23)18-20-8-7-17(22-18)21-12-15-6-3-10-26-15/h3-4,6-8,10,16H,1-2,5,9,11-13H2,(H,20,21,22). The molecule has 0 bridgehead atoms. The van der Waals surface area contributed by atoms with Crippen LogP contribution in [-0.4, -0.2) is 40.5 Å². The predicted molar refractivity (Wildman–Crippen MR) is 95.3 cm³/mol. The molecule has 1 atom stereocenters. The number of hydrogen-bond acceptors (Lipinski definition) is 6. The Morgan fingerprint density at radius 2 is 2.35 bits per heavy atom. The molecule has 7 heteroatoms. The van der Waals surface area contributed by atoms with Gasteiger partial charge >= 0.3 is 0 Å². The van der Waals surface area contributed by atoms with E-state index in [0.717, 1.165) is 30.6 Å². The minimum atomic E-state index is -0.261. The number of anilines is 1. The van der Waals surface area contributed by atoms with Crippen molar-refractivity contribution in [2.24, 2.45) is 0 Å². The van der Waals surface area contributed by atoms with Crippen LogP contribution in [0.25, 0.3) is 0 Å². The number of ether oxygens (including phenoxy) is 1. The number of nitrogens with one attached hydrogen (secondary N) is 1. The lowest BCUT2D eigenvalue weighted by Crippen LogP contribution is -2.44. The van der Waals surface area contributed by atoms with Crippen molar-refractivity contribution in [1.29, 1.82) is 0 Å². The Hall–Kier alpha value is -2.67. The Morgan fingerprint density at radius 1 is 1.38 bits per heavy atom. The second kappa shape index (κ2) is 7.70. The molecular weight excluding hydrogens is 332 g/mol. The molecule has 3 heterocycles. The van der Waals surface area contributed by atoms with Gasteiger partial charge in [-0.05, 0) is 37.5 Å². The summed E-state index contributed by atoms with van der Waals surface area (Å²) < 4.78 is 10.9. The zero-order chi connectivity index (χ0) is 17.8. The van der Waals surface area contributed by atoms with Gasteiger partial charge in [-0.3, -0.25) is 4.79 Å². The number of carbonyl (C=O) groups excluding carboxylic acids is 1. The maximum Gasteiger partial charge on any atom is 0.250 e. The molecule has 1 N–H and O–H groups in total. The maximum absolute atomic E-state index is 12.9. The highest BCUT2D eigenvalue weighted by atomic mass is 16.5. The molecular formula is C19H22N4O3. The molecule has 26 heavy (non-hydrogen) atoms. The molecule has 136 valence electrons. The third-order valence-corrected chi connectivity index (χ3v) is 4.70. The van der Waals surface area contributed by atoms with Crippen LogP contribution in [0.15, 0.2) is 46.7 Å². The molecule has 1 amide bonds. The molecule has 2 aromatic heterocycles. The Labute approximate surface area is 152 Å². The summed E-state index contributed by atoms with van der Waals surface area (Å²) in [5.41, 5.74) is 0.906. The molecule has 0 spiro atoms. The fraction of sp³-hybridized carbons (Fsp3) is 0.421. The molecule has 1 aliphatic heterocycles. The quantitative estimate of drug-likeness (QED) is 0.889. The first-order valence-corrected chi connectivity index (χ1v) is 8.98. The third kappa shape index (κ3) is 3.62. The van der Waals surface area contributed by atoms with Crippen molar-refractivity contribution in [3.8, 4) is 0 Å². The van der Waals surface area contributed by atoms with Crippen molar-refractivity contribution >= 4 is 11.7 Å². The van der Waals surface area contributed by atoms with E-state index in [2.05, 4.69) is 21.4 Å². The monoisotopic (exact) mass is 354 g/mol. The Balaban J connectivity index is 1.50. The van der Waals surface area contributed by atoms with E-state index in [4.69, 9.17) is 9.15 Å². The minimum absolute atomic E-state index is 0.0911. The Bertz CT molecular complexity index is 788. The molecule has 1 unspecified atom stereocenters. The van der Waals surface area contributed by atoms with Crippen molar-refractivity contribution in [1.82, 2.24) is 14.9 Å².